The maximum absolute atomic E-state index is 13.5. The number of benzene rings is 2. The third-order valence-electron chi connectivity index (χ3n) is 6.01. The lowest BCUT2D eigenvalue weighted by Crippen LogP contribution is -2.40. The summed E-state index contributed by atoms with van der Waals surface area (Å²) in [4.78, 5) is 36.3. The fourth-order valence-electron chi connectivity index (χ4n) is 3.97. The number of hydrogen-bond donors (Lipinski definition) is 0. The first-order valence-corrected chi connectivity index (χ1v) is 11.8. The van der Waals surface area contributed by atoms with Gasteiger partial charge in [-0.3, -0.25) is 9.59 Å². The molecule has 3 aromatic rings. The van der Waals surface area contributed by atoms with Gasteiger partial charge < -0.3 is 23.8 Å². The van der Waals surface area contributed by atoms with Gasteiger partial charge in [0.2, 0.25) is 5.88 Å². The van der Waals surface area contributed by atoms with E-state index in [1.165, 1.54) is 6.20 Å². The maximum Gasteiger partial charge on any atom is 0.309 e. The van der Waals surface area contributed by atoms with Gasteiger partial charge in [0, 0.05) is 24.8 Å². The molecule has 0 bridgehead atoms. The second kappa shape index (κ2) is 11.5. The molecule has 1 aromatic heterocycles. The fourth-order valence-corrected chi connectivity index (χ4v) is 3.97. The number of rotatable bonds is 8. The van der Waals surface area contributed by atoms with Crippen LogP contribution in [0.3, 0.4) is 0 Å². The van der Waals surface area contributed by atoms with E-state index >= 15 is 0 Å². The van der Waals surface area contributed by atoms with Crippen LogP contribution in [0.25, 0.3) is 11.4 Å². The Kier molecular flexibility index (Phi) is 7.99. The first-order chi connectivity index (χ1) is 17.5. The van der Waals surface area contributed by atoms with Crippen LogP contribution in [-0.2, 0) is 9.53 Å². The first-order valence-electron chi connectivity index (χ1n) is 11.8. The van der Waals surface area contributed by atoms with E-state index in [1.807, 2.05) is 24.3 Å². The van der Waals surface area contributed by atoms with Gasteiger partial charge in [0.05, 0.1) is 26.7 Å². The molecule has 2 aromatic carbocycles. The molecule has 0 saturated carbocycles. The number of likely N-dealkylation sites (tertiary alicyclic amines) is 1. The summed E-state index contributed by atoms with van der Waals surface area (Å²) in [5, 5.41) is 0. The third-order valence-corrected chi connectivity index (χ3v) is 6.01. The highest BCUT2D eigenvalue weighted by Gasteiger charge is 2.30. The smallest absolute Gasteiger partial charge is 0.309 e. The minimum Gasteiger partial charge on any atom is -0.497 e. The molecule has 1 amide bonds. The van der Waals surface area contributed by atoms with Gasteiger partial charge in [0.1, 0.15) is 22.8 Å². The average molecular weight is 492 g/mol. The number of carbonyl (C=O) groups excluding carboxylic acids is 2. The number of carbonyl (C=O) groups is 2. The van der Waals surface area contributed by atoms with E-state index in [0.29, 0.717) is 55.6 Å². The first kappa shape index (κ1) is 25.0. The molecular weight excluding hydrogens is 462 g/mol. The predicted molar refractivity (Wildman–Crippen MR) is 132 cm³/mol. The number of nitrogens with zero attached hydrogens (tertiary/aromatic N) is 3. The van der Waals surface area contributed by atoms with Crippen molar-refractivity contribution in [1.29, 1.82) is 0 Å². The fraction of sp³-hybridized carbons (Fsp3) is 0.333. The van der Waals surface area contributed by atoms with Gasteiger partial charge >= 0.3 is 5.97 Å². The van der Waals surface area contributed by atoms with Crippen molar-refractivity contribution in [3.63, 3.8) is 0 Å². The molecule has 1 fully saturated rings. The van der Waals surface area contributed by atoms with Crippen LogP contribution in [0.2, 0.25) is 0 Å². The quantitative estimate of drug-likeness (QED) is 0.428. The van der Waals surface area contributed by atoms with E-state index in [2.05, 4.69) is 9.97 Å². The molecule has 9 nitrogen and oxygen atoms in total. The zero-order valence-corrected chi connectivity index (χ0v) is 20.6. The van der Waals surface area contributed by atoms with E-state index in [0.717, 1.165) is 5.56 Å². The Labute approximate surface area is 210 Å². The van der Waals surface area contributed by atoms with Crippen LogP contribution in [-0.4, -0.2) is 60.7 Å². The molecule has 0 aliphatic carbocycles. The van der Waals surface area contributed by atoms with Crippen LogP contribution in [0.1, 0.15) is 30.1 Å². The van der Waals surface area contributed by atoms with Crippen LogP contribution in [0, 0.1) is 5.92 Å². The molecule has 2 heterocycles. The van der Waals surface area contributed by atoms with Crippen molar-refractivity contribution in [3.05, 3.63) is 60.3 Å². The molecule has 188 valence electrons. The zero-order chi connectivity index (χ0) is 25.5. The largest absolute Gasteiger partial charge is 0.497 e. The highest BCUT2D eigenvalue weighted by Crippen LogP contribution is 2.30. The lowest BCUT2D eigenvalue weighted by molar-refractivity contribution is -0.149. The molecule has 1 saturated heterocycles. The van der Waals surface area contributed by atoms with Crippen molar-refractivity contribution in [2.24, 2.45) is 5.92 Å². The molecular formula is C27H29N3O6. The molecule has 0 atom stereocenters. The molecule has 36 heavy (non-hydrogen) atoms. The third kappa shape index (κ3) is 5.73. The molecule has 4 rings (SSSR count). The number of ether oxygens (including phenoxy) is 4. The van der Waals surface area contributed by atoms with E-state index < -0.39 is 0 Å². The summed E-state index contributed by atoms with van der Waals surface area (Å²) in [5.74, 6) is 1.82. The number of amides is 1. The van der Waals surface area contributed by atoms with Crippen LogP contribution >= 0.6 is 0 Å². The van der Waals surface area contributed by atoms with Crippen LogP contribution < -0.4 is 14.2 Å². The van der Waals surface area contributed by atoms with Gasteiger partial charge in [0.25, 0.3) is 5.91 Å². The van der Waals surface area contributed by atoms with Crippen molar-refractivity contribution in [1.82, 2.24) is 14.9 Å². The van der Waals surface area contributed by atoms with Gasteiger partial charge in [-0.2, -0.15) is 4.98 Å². The van der Waals surface area contributed by atoms with Crippen LogP contribution in [0.5, 0.6) is 23.1 Å². The Balaban J connectivity index is 1.60. The summed E-state index contributed by atoms with van der Waals surface area (Å²) in [6, 6.07) is 14.3. The number of aromatic nitrogens is 2. The summed E-state index contributed by atoms with van der Waals surface area (Å²) in [6.07, 6.45) is 2.58. The molecule has 0 spiro atoms. The SMILES string of the molecule is CCOC(=O)C1CCN(C(=O)c2cnc(-c3ccc(OC)cc3)nc2Oc2ccc(OC)cc2)CC1. The van der Waals surface area contributed by atoms with Crippen LogP contribution in [0.4, 0.5) is 0 Å². The van der Waals surface area contributed by atoms with Crippen molar-refractivity contribution >= 4 is 11.9 Å². The van der Waals surface area contributed by atoms with E-state index in [-0.39, 0.29) is 29.2 Å². The molecule has 9 heteroatoms. The summed E-state index contributed by atoms with van der Waals surface area (Å²) in [7, 11) is 3.19. The summed E-state index contributed by atoms with van der Waals surface area (Å²) in [5.41, 5.74) is 1.00. The Bertz CT molecular complexity index is 1190. The zero-order valence-electron chi connectivity index (χ0n) is 20.6. The highest BCUT2D eigenvalue weighted by atomic mass is 16.5. The number of hydrogen-bond acceptors (Lipinski definition) is 8. The molecule has 0 N–H and O–H groups in total. The topological polar surface area (TPSA) is 100 Å². The Morgan fingerprint density at radius 1 is 0.917 bits per heavy atom. The summed E-state index contributed by atoms with van der Waals surface area (Å²) in [6.45, 7) is 3.01. The van der Waals surface area contributed by atoms with E-state index in [4.69, 9.17) is 18.9 Å². The van der Waals surface area contributed by atoms with Gasteiger partial charge in [0.15, 0.2) is 5.82 Å². The standard InChI is InChI=1S/C27H29N3O6/c1-4-35-27(32)19-13-15-30(16-14-19)26(31)23-17-28-24(18-5-7-20(33-2)8-6-18)29-25(23)36-22-11-9-21(34-3)10-12-22/h5-12,17,19H,4,13-16H2,1-3H3. The monoisotopic (exact) mass is 491 g/mol. The molecule has 1 aliphatic heterocycles. The van der Waals surface area contributed by atoms with Crippen molar-refractivity contribution in [2.45, 2.75) is 19.8 Å². The molecule has 1 aliphatic rings. The van der Waals surface area contributed by atoms with Crippen LogP contribution in [0.15, 0.2) is 54.7 Å². The lowest BCUT2D eigenvalue weighted by atomic mass is 9.96. The number of methoxy groups -OCH3 is 2. The average Bonchev–Trinajstić information content (AvgIpc) is 2.93. The second-order valence-corrected chi connectivity index (χ2v) is 8.24. The predicted octanol–water partition coefficient (Wildman–Crippen LogP) is 4.37. The minimum atomic E-state index is -0.248. The highest BCUT2D eigenvalue weighted by molar-refractivity contribution is 5.96. The van der Waals surface area contributed by atoms with Crippen molar-refractivity contribution in [2.75, 3.05) is 33.9 Å². The number of esters is 1. The Morgan fingerprint density at radius 2 is 1.50 bits per heavy atom. The summed E-state index contributed by atoms with van der Waals surface area (Å²) >= 11 is 0. The van der Waals surface area contributed by atoms with Gasteiger partial charge in [-0.15, -0.1) is 0 Å². The van der Waals surface area contributed by atoms with Gasteiger partial charge in [-0.05, 0) is 68.3 Å². The van der Waals surface area contributed by atoms with Gasteiger partial charge in [-0.25, -0.2) is 4.98 Å². The van der Waals surface area contributed by atoms with Crippen molar-refractivity contribution < 1.29 is 28.5 Å². The van der Waals surface area contributed by atoms with E-state index in [9.17, 15) is 9.59 Å². The normalized spacial score (nSPS) is 13.7. The second-order valence-electron chi connectivity index (χ2n) is 8.24. The molecule has 0 unspecified atom stereocenters. The van der Waals surface area contributed by atoms with Crippen molar-refractivity contribution in [3.8, 4) is 34.5 Å². The van der Waals surface area contributed by atoms with Gasteiger partial charge in [-0.1, -0.05) is 0 Å². The Morgan fingerprint density at radius 3 is 2.08 bits per heavy atom. The molecule has 0 radical (unpaired) electrons. The maximum atomic E-state index is 13.5. The van der Waals surface area contributed by atoms with E-state index in [1.54, 1.807) is 50.3 Å². The minimum absolute atomic E-state index is 0.151. The number of piperidine rings is 1. The Hall–Kier alpha value is -4.14. The lowest BCUT2D eigenvalue weighted by Gasteiger charge is -2.31. The summed E-state index contributed by atoms with van der Waals surface area (Å²) < 4.78 is 21.6.